The van der Waals surface area contributed by atoms with Crippen molar-refractivity contribution >= 4 is 11.8 Å². The van der Waals surface area contributed by atoms with Gasteiger partial charge in [-0.25, -0.2) is 5.01 Å². The second kappa shape index (κ2) is 7.40. The normalized spacial score (nSPS) is 17.2. The Morgan fingerprint density at radius 3 is 2.40 bits per heavy atom. The SMILES string of the molecule is O=C(Cn1ccc(-c2ccncc2)n1)N1CCCN1C(=O)C1(c2ccccc2)CC1. The van der Waals surface area contributed by atoms with Crippen LogP contribution in [0.15, 0.2) is 67.1 Å². The fourth-order valence-electron chi connectivity index (χ4n) is 4.18. The number of hydrogen-bond acceptors (Lipinski definition) is 4. The number of rotatable bonds is 5. The summed E-state index contributed by atoms with van der Waals surface area (Å²) in [4.78, 5) is 30.4. The van der Waals surface area contributed by atoms with Gasteiger partial charge in [-0.05, 0) is 43.0 Å². The van der Waals surface area contributed by atoms with Crippen LogP contribution in [-0.2, 0) is 21.5 Å². The highest BCUT2D eigenvalue weighted by Gasteiger charge is 2.54. The molecule has 0 N–H and O–H groups in total. The van der Waals surface area contributed by atoms with Crippen LogP contribution in [0.1, 0.15) is 24.8 Å². The lowest BCUT2D eigenvalue weighted by atomic mass is 9.95. The van der Waals surface area contributed by atoms with E-state index < -0.39 is 5.41 Å². The van der Waals surface area contributed by atoms with E-state index in [0.29, 0.717) is 13.1 Å². The van der Waals surface area contributed by atoms with E-state index in [9.17, 15) is 9.59 Å². The van der Waals surface area contributed by atoms with Crippen LogP contribution in [0.4, 0.5) is 0 Å². The molecule has 2 aliphatic rings. The Kier molecular flexibility index (Phi) is 4.58. The first-order valence-electron chi connectivity index (χ1n) is 10.3. The fourth-order valence-corrected chi connectivity index (χ4v) is 4.18. The van der Waals surface area contributed by atoms with Crippen LogP contribution in [0.5, 0.6) is 0 Å². The molecule has 5 rings (SSSR count). The van der Waals surface area contributed by atoms with E-state index in [1.165, 1.54) is 0 Å². The minimum atomic E-state index is -0.468. The highest BCUT2D eigenvalue weighted by molar-refractivity contribution is 5.93. The first kappa shape index (κ1) is 18.5. The summed E-state index contributed by atoms with van der Waals surface area (Å²) < 4.78 is 1.63. The predicted molar refractivity (Wildman–Crippen MR) is 111 cm³/mol. The molecule has 1 saturated heterocycles. The average Bonchev–Trinajstić information content (AvgIpc) is 3.22. The maximum Gasteiger partial charge on any atom is 0.262 e. The Bertz CT molecular complexity index is 1060. The van der Waals surface area contributed by atoms with Gasteiger partial charge >= 0.3 is 0 Å². The van der Waals surface area contributed by atoms with E-state index in [1.807, 2.05) is 48.5 Å². The average molecular weight is 401 g/mol. The van der Waals surface area contributed by atoms with Gasteiger partial charge in [0, 0.05) is 37.2 Å². The highest BCUT2D eigenvalue weighted by Crippen LogP contribution is 2.50. The highest BCUT2D eigenvalue weighted by atomic mass is 16.2. The quantitative estimate of drug-likeness (QED) is 0.659. The molecule has 1 aliphatic carbocycles. The minimum Gasteiger partial charge on any atom is -0.272 e. The standard InChI is InChI=1S/C23H23N5O2/c29-21(17-26-16-9-20(25-26)18-7-12-24-13-8-18)27-14-4-15-28(27)22(30)23(10-11-23)19-5-2-1-3-6-19/h1-3,5-9,12-13,16H,4,10-11,14-15,17H2. The number of pyridine rings is 1. The van der Waals surface area contributed by atoms with Gasteiger partial charge in [-0.2, -0.15) is 5.10 Å². The number of benzene rings is 1. The smallest absolute Gasteiger partial charge is 0.262 e. The maximum absolute atomic E-state index is 13.4. The van der Waals surface area contributed by atoms with Crippen molar-refractivity contribution < 1.29 is 9.59 Å². The number of amides is 2. The van der Waals surface area contributed by atoms with Crippen molar-refractivity contribution in [1.82, 2.24) is 24.8 Å². The first-order valence-corrected chi connectivity index (χ1v) is 10.3. The third-order valence-corrected chi connectivity index (χ3v) is 5.95. The van der Waals surface area contributed by atoms with Gasteiger partial charge in [0.2, 0.25) is 0 Å². The molecule has 0 radical (unpaired) electrons. The molecule has 1 aliphatic heterocycles. The zero-order valence-electron chi connectivity index (χ0n) is 16.6. The third kappa shape index (κ3) is 3.26. The van der Waals surface area contributed by atoms with Crippen molar-refractivity contribution in [1.29, 1.82) is 0 Å². The number of carbonyl (C=O) groups excluding carboxylic acids is 2. The summed E-state index contributed by atoms with van der Waals surface area (Å²) in [6, 6.07) is 15.6. The Labute approximate surface area is 174 Å². The molecule has 7 heteroatoms. The lowest BCUT2D eigenvalue weighted by Gasteiger charge is -2.31. The van der Waals surface area contributed by atoms with E-state index >= 15 is 0 Å². The van der Waals surface area contributed by atoms with E-state index in [-0.39, 0.29) is 18.4 Å². The van der Waals surface area contributed by atoms with Crippen molar-refractivity contribution in [2.45, 2.75) is 31.2 Å². The van der Waals surface area contributed by atoms with Gasteiger partial charge < -0.3 is 0 Å². The Balaban J connectivity index is 1.30. The zero-order chi connectivity index (χ0) is 20.6. The monoisotopic (exact) mass is 401 g/mol. The molecule has 0 atom stereocenters. The molecule has 3 heterocycles. The summed E-state index contributed by atoms with van der Waals surface area (Å²) in [6.45, 7) is 1.25. The molecule has 0 bridgehead atoms. The molecule has 2 aromatic heterocycles. The summed E-state index contributed by atoms with van der Waals surface area (Å²) in [7, 11) is 0. The van der Waals surface area contributed by atoms with Gasteiger partial charge in [-0.1, -0.05) is 30.3 Å². The second-order valence-electron chi connectivity index (χ2n) is 7.88. The molecule has 3 aromatic rings. The van der Waals surface area contributed by atoms with Crippen LogP contribution >= 0.6 is 0 Å². The Hall–Kier alpha value is -3.48. The minimum absolute atomic E-state index is 0.0393. The number of nitrogens with zero attached hydrogens (tertiary/aromatic N) is 5. The first-order chi connectivity index (χ1) is 14.7. The molecule has 1 saturated carbocycles. The van der Waals surface area contributed by atoms with E-state index in [2.05, 4.69) is 10.1 Å². The van der Waals surface area contributed by atoms with Crippen molar-refractivity contribution in [3.63, 3.8) is 0 Å². The predicted octanol–water partition coefficient (Wildman–Crippen LogP) is 2.65. The van der Waals surface area contributed by atoms with Gasteiger partial charge in [0.1, 0.15) is 6.54 Å². The molecule has 30 heavy (non-hydrogen) atoms. The van der Waals surface area contributed by atoms with Crippen LogP contribution < -0.4 is 0 Å². The van der Waals surface area contributed by atoms with E-state index in [4.69, 9.17) is 0 Å². The third-order valence-electron chi connectivity index (χ3n) is 5.95. The molecule has 0 unspecified atom stereocenters. The lowest BCUT2D eigenvalue weighted by Crippen LogP contribution is -2.49. The van der Waals surface area contributed by atoms with Crippen LogP contribution in [0.25, 0.3) is 11.3 Å². The fraction of sp³-hybridized carbons (Fsp3) is 0.304. The number of hydrazine groups is 1. The van der Waals surface area contributed by atoms with Gasteiger partial charge in [0.25, 0.3) is 11.8 Å². The van der Waals surface area contributed by atoms with Gasteiger partial charge in [-0.15, -0.1) is 0 Å². The van der Waals surface area contributed by atoms with E-state index in [0.717, 1.165) is 36.1 Å². The lowest BCUT2D eigenvalue weighted by molar-refractivity contribution is -0.160. The summed E-state index contributed by atoms with van der Waals surface area (Å²) in [5, 5.41) is 7.78. The molecular formula is C23H23N5O2. The Morgan fingerprint density at radius 1 is 0.933 bits per heavy atom. The molecule has 152 valence electrons. The number of aromatic nitrogens is 3. The number of carbonyl (C=O) groups is 2. The van der Waals surface area contributed by atoms with Crippen molar-refractivity contribution in [2.75, 3.05) is 13.1 Å². The summed E-state index contributed by atoms with van der Waals surface area (Å²) in [5.41, 5.74) is 2.32. The topological polar surface area (TPSA) is 71.3 Å². The van der Waals surface area contributed by atoms with E-state index in [1.54, 1.807) is 33.3 Å². The van der Waals surface area contributed by atoms with Crippen molar-refractivity contribution in [3.05, 3.63) is 72.7 Å². The molecule has 2 amide bonds. The molecule has 0 spiro atoms. The summed E-state index contributed by atoms with van der Waals surface area (Å²) >= 11 is 0. The zero-order valence-corrected chi connectivity index (χ0v) is 16.6. The number of hydrogen-bond donors (Lipinski definition) is 0. The van der Waals surface area contributed by atoms with Crippen LogP contribution in [0.3, 0.4) is 0 Å². The van der Waals surface area contributed by atoms with Crippen molar-refractivity contribution in [2.24, 2.45) is 0 Å². The molecular weight excluding hydrogens is 378 g/mol. The van der Waals surface area contributed by atoms with Gasteiger partial charge in [0.15, 0.2) is 0 Å². The largest absolute Gasteiger partial charge is 0.272 e. The molecule has 7 nitrogen and oxygen atoms in total. The maximum atomic E-state index is 13.4. The Morgan fingerprint density at radius 2 is 1.67 bits per heavy atom. The van der Waals surface area contributed by atoms with Crippen molar-refractivity contribution in [3.8, 4) is 11.3 Å². The molecule has 2 fully saturated rings. The summed E-state index contributed by atoms with van der Waals surface area (Å²) in [6.07, 6.45) is 7.69. The van der Waals surface area contributed by atoms with Gasteiger partial charge in [-0.3, -0.25) is 24.3 Å². The summed E-state index contributed by atoms with van der Waals surface area (Å²) in [5.74, 6) is -0.0772. The van der Waals surface area contributed by atoms with Gasteiger partial charge in [0.05, 0.1) is 11.1 Å². The molecule has 1 aromatic carbocycles. The van der Waals surface area contributed by atoms with Crippen LogP contribution in [-0.4, -0.2) is 49.7 Å². The van der Waals surface area contributed by atoms with Crippen LogP contribution in [0.2, 0.25) is 0 Å². The van der Waals surface area contributed by atoms with Crippen LogP contribution in [0, 0.1) is 0 Å². The second-order valence-corrected chi connectivity index (χ2v) is 7.88.